The molecule has 0 bridgehead atoms. The van der Waals surface area contributed by atoms with Gasteiger partial charge in [-0.1, -0.05) is 35.5 Å². The van der Waals surface area contributed by atoms with Crippen LogP contribution in [0.25, 0.3) is 0 Å². The van der Waals surface area contributed by atoms with Crippen LogP contribution in [0, 0.1) is 20.8 Å². The van der Waals surface area contributed by atoms with Crippen molar-refractivity contribution in [1.82, 2.24) is 19.7 Å². The molecule has 0 radical (unpaired) electrons. The fourth-order valence-electron chi connectivity index (χ4n) is 3.87. The number of hydrogen-bond acceptors (Lipinski definition) is 6. The summed E-state index contributed by atoms with van der Waals surface area (Å²) >= 11 is 3.12. The largest absolute Gasteiger partial charge is 0.302 e. The molecule has 1 saturated carbocycles. The van der Waals surface area contributed by atoms with Crippen LogP contribution < -0.4 is 4.90 Å². The Morgan fingerprint density at radius 2 is 2.00 bits per heavy atom. The Kier molecular flexibility index (Phi) is 6.29. The van der Waals surface area contributed by atoms with Gasteiger partial charge in [-0.15, -0.1) is 28.1 Å². The van der Waals surface area contributed by atoms with Gasteiger partial charge in [0.25, 0.3) is 0 Å². The lowest BCUT2D eigenvalue weighted by Gasteiger charge is -2.23. The van der Waals surface area contributed by atoms with Crippen LogP contribution in [-0.4, -0.2) is 25.7 Å². The molecule has 31 heavy (non-hydrogen) atoms. The smallest absolute Gasteiger partial charge is 0.230 e. The lowest BCUT2D eigenvalue weighted by Crippen LogP contribution is -2.24. The molecule has 0 aliphatic heterocycles. The number of hydrogen-bond donors (Lipinski definition) is 0. The van der Waals surface area contributed by atoms with E-state index in [0.717, 1.165) is 33.5 Å². The van der Waals surface area contributed by atoms with E-state index in [9.17, 15) is 4.79 Å². The zero-order chi connectivity index (χ0) is 22.1. The highest BCUT2D eigenvalue weighted by atomic mass is 32.2. The summed E-state index contributed by atoms with van der Waals surface area (Å²) in [7, 11) is 0. The summed E-state index contributed by atoms with van der Waals surface area (Å²) in [4.78, 5) is 19.1. The summed E-state index contributed by atoms with van der Waals surface area (Å²) in [6.45, 7) is 12.3. The molecule has 0 spiro atoms. The molecular formula is C23H27N5OS2. The Morgan fingerprint density at radius 1 is 1.29 bits per heavy atom. The standard InChI is InChI=1S/C23H27N5OS2/c1-6-9-27-21(18-7-8-18)25-26-23(27)31-13-19-12-30-22(24-19)28(17(5)29)20-15(3)10-14(2)11-16(20)4/h6,10-12,18H,1,7-9,13H2,2-5H3. The normalized spacial score (nSPS) is 13.4. The highest BCUT2D eigenvalue weighted by molar-refractivity contribution is 7.98. The van der Waals surface area contributed by atoms with Crippen LogP contribution in [0.15, 0.2) is 35.3 Å². The van der Waals surface area contributed by atoms with Crippen LogP contribution in [0.3, 0.4) is 0 Å². The molecule has 0 atom stereocenters. The molecule has 1 aliphatic rings. The number of amides is 1. The predicted octanol–water partition coefficient (Wildman–Crippen LogP) is 5.70. The number of nitrogens with zero attached hydrogens (tertiary/aromatic N) is 5. The topological polar surface area (TPSA) is 63.9 Å². The van der Waals surface area contributed by atoms with E-state index >= 15 is 0 Å². The lowest BCUT2D eigenvalue weighted by atomic mass is 10.0. The molecule has 3 aromatic rings. The Labute approximate surface area is 191 Å². The van der Waals surface area contributed by atoms with Crippen LogP contribution >= 0.6 is 23.1 Å². The summed E-state index contributed by atoms with van der Waals surface area (Å²) in [5, 5.41) is 12.4. The number of carbonyl (C=O) groups is 1. The fraction of sp³-hybridized carbons (Fsp3) is 0.391. The molecule has 4 rings (SSSR count). The van der Waals surface area contributed by atoms with Crippen molar-refractivity contribution in [2.75, 3.05) is 4.90 Å². The van der Waals surface area contributed by atoms with Crippen molar-refractivity contribution in [3.8, 4) is 0 Å². The van der Waals surface area contributed by atoms with Crippen molar-refractivity contribution < 1.29 is 4.79 Å². The number of benzene rings is 1. The SMILES string of the molecule is C=CCn1c(SCc2csc(N(C(C)=O)c3c(C)cc(C)cc3C)n2)nnc1C1CC1. The Hall–Kier alpha value is -2.45. The van der Waals surface area contributed by atoms with E-state index in [1.807, 2.05) is 25.3 Å². The molecule has 0 saturated heterocycles. The van der Waals surface area contributed by atoms with Crippen LogP contribution in [0.4, 0.5) is 10.8 Å². The number of aryl methyl sites for hydroxylation is 3. The van der Waals surface area contributed by atoms with Gasteiger partial charge in [0.05, 0.1) is 11.4 Å². The maximum absolute atomic E-state index is 12.6. The average Bonchev–Trinajstić information content (AvgIpc) is 3.31. The fourth-order valence-corrected chi connectivity index (χ4v) is 5.69. The molecular weight excluding hydrogens is 426 g/mol. The van der Waals surface area contributed by atoms with Gasteiger partial charge in [-0.3, -0.25) is 9.69 Å². The first-order chi connectivity index (χ1) is 14.9. The Bertz CT molecular complexity index is 1110. The number of anilines is 2. The van der Waals surface area contributed by atoms with Crippen molar-refractivity contribution in [2.45, 2.75) is 63.9 Å². The third-order valence-corrected chi connectivity index (χ3v) is 7.13. The molecule has 6 nitrogen and oxygen atoms in total. The third kappa shape index (κ3) is 4.60. The molecule has 1 amide bonds. The van der Waals surface area contributed by atoms with E-state index in [1.54, 1.807) is 23.6 Å². The lowest BCUT2D eigenvalue weighted by molar-refractivity contribution is -0.115. The van der Waals surface area contributed by atoms with Gasteiger partial charge in [0, 0.05) is 30.5 Å². The van der Waals surface area contributed by atoms with Gasteiger partial charge in [-0.05, 0) is 44.7 Å². The van der Waals surface area contributed by atoms with Gasteiger partial charge >= 0.3 is 0 Å². The summed E-state index contributed by atoms with van der Waals surface area (Å²) in [5.74, 6) is 2.24. The van der Waals surface area contributed by atoms with E-state index in [0.29, 0.717) is 23.3 Å². The molecule has 1 fully saturated rings. The molecule has 1 aliphatic carbocycles. The second kappa shape index (κ2) is 8.96. The number of carbonyl (C=O) groups excluding carboxylic acids is 1. The van der Waals surface area contributed by atoms with Crippen LogP contribution in [0.5, 0.6) is 0 Å². The molecule has 1 aromatic carbocycles. The molecule has 162 valence electrons. The van der Waals surface area contributed by atoms with Crippen LogP contribution in [0.1, 0.15) is 53.9 Å². The number of allylic oxidation sites excluding steroid dienone is 1. The highest BCUT2D eigenvalue weighted by Gasteiger charge is 2.30. The van der Waals surface area contributed by atoms with E-state index in [1.165, 1.54) is 29.7 Å². The van der Waals surface area contributed by atoms with E-state index in [2.05, 4.69) is 40.4 Å². The van der Waals surface area contributed by atoms with Crippen molar-refractivity contribution in [3.05, 3.63) is 58.4 Å². The average molecular weight is 454 g/mol. The zero-order valence-corrected chi connectivity index (χ0v) is 20.0. The maximum atomic E-state index is 12.6. The maximum Gasteiger partial charge on any atom is 0.230 e. The van der Waals surface area contributed by atoms with Crippen molar-refractivity contribution >= 4 is 39.8 Å². The molecule has 0 N–H and O–H groups in total. The summed E-state index contributed by atoms with van der Waals surface area (Å²) in [5.41, 5.74) is 5.19. The minimum atomic E-state index is -0.0385. The van der Waals surface area contributed by atoms with Gasteiger partial charge in [0.1, 0.15) is 5.82 Å². The van der Waals surface area contributed by atoms with Crippen LogP contribution in [-0.2, 0) is 17.1 Å². The van der Waals surface area contributed by atoms with Gasteiger partial charge in [0.15, 0.2) is 10.3 Å². The molecule has 2 heterocycles. The first kappa shape index (κ1) is 21.8. The van der Waals surface area contributed by atoms with Gasteiger partial charge in [0.2, 0.25) is 5.91 Å². The summed E-state index contributed by atoms with van der Waals surface area (Å²) < 4.78 is 2.16. The predicted molar refractivity (Wildman–Crippen MR) is 127 cm³/mol. The Balaban J connectivity index is 1.55. The second-order valence-corrected chi connectivity index (χ2v) is 9.81. The second-order valence-electron chi connectivity index (χ2n) is 8.03. The van der Waals surface area contributed by atoms with E-state index < -0.39 is 0 Å². The minimum Gasteiger partial charge on any atom is -0.302 e. The molecule has 2 aromatic heterocycles. The highest BCUT2D eigenvalue weighted by Crippen LogP contribution is 2.40. The third-order valence-electron chi connectivity index (χ3n) is 5.25. The van der Waals surface area contributed by atoms with E-state index in [-0.39, 0.29) is 5.91 Å². The molecule has 8 heteroatoms. The summed E-state index contributed by atoms with van der Waals surface area (Å²) in [6, 6.07) is 4.21. The first-order valence-electron chi connectivity index (χ1n) is 10.4. The quantitative estimate of drug-likeness (QED) is 0.323. The van der Waals surface area contributed by atoms with Crippen molar-refractivity contribution in [3.63, 3.8) is 0 Å². The number of thioether (sulfide) groups is 1. The zero-order valence-electron chi connectivity index (χ0n) is 18.4. The monoisotopic (exact) mass is 453 g/mol. The van der Waals surface area contributed by atoms with Gasteiger partial charge < -0.3 is 4.57 Å². The summed E-state index contributed by atoms with van der Waals surface area (Å²) in [6.07, 6.45) is 4.26. The minimum absolute atomic E-state index is 0.0385. The number of thiazole rings is 1. The van der Waals surface area contributed by atoms with Crippen molar-refractivity contribution in [1.29, 1.82) is 0 Å². The van der Waals surface area contributed by atoms with Gasteiger partial charge in [-0.25, -0.2) is 4.98 Å². The number of aromatic nitrogens is 4. The van der Waals surface area contributed by atoms with Crippen LogP contribution in [0.2, 0.25) is 0 Å². The van der Waals surface area contributed by atoms with E-state index in [4.69, 9.17) is 4.98 Å². The van der Waals surface area contributed by atoms with Gasteiger partial charge in [-0.2, -0.15) is 0 Å². The first-order valence-corrected chi connectivity index (χ1v) is 12.2. The Morgan fingerprint density at radius 3 is 2.61 bits per heavy atom. The number of rotatable bonds is 8. The molecule has 0 unspecified atom stereocenters. The van der Waals surface area contributed by atoms with Crippen molar-refractivity contribution in [2.24, 2.45) is 0 Å².